The molecule has 5 nitrogen and oxygen atoms in total. The highest BCUT2D eigenvalue weighted by Gasteiger charge is 2.24. The summed E-state index contributed by atoms with van der Waals surface area (Å²) in [7, 11) is 1.59. The Bertz CT molecular complexity index is 1110. The van der Waals surface area contributed by atoms with Gasteiger partial charge in [0.2, 0.25) is 0 Å². The molecular formula is C22H16N2O3. The number of ether oxygens (including phenoxy) is 1. The topological polar surface area (TPSA) is 74.4 Å². The Morgan fingerprint density at radius 1 is 1.04 bits per heavy atom. The first-order chi connectivity index (χ1) is 13.1. The summed E-state index contributed by atoms with van der Waals surface area (Å²) in [6.07, 6.45) is 3.54. The molecule has 4 rings (SSSR count). The normalized spacial score (nSPS) is 13.7. The van der Waals surface area contributed by atoms with Gasteiger partial charge in [0.25, 0.3) is 5.91 Å². The Morgan fingerprint density at radius 3 is 2.56 bits per heavy atom. The highest BCUT2D eigenvalue weighted by atomic mass is 16.5. The monoisotopic (exact) mass is 356 g/mol. The van der Waals surface area contributed by atoms with Crippen LogP contribution in [0.2, 0.25) is 0 Å². The molecule has 1 aromatic heterocycles. The second-order valence-electron chi connectivity index (χ2n) is 6.03. The van der Waals surface area contributed by atoms with E-state index in [-0.39, 0.29) is 11.7 Å². The zero-order chi connectivity index (χ0) is 18.8. The fourth-order valence-corrected chi connectivity index (χ4v) is 2.90. The smallest absolute Gasteiger partial charge is 0.256 e. The molecule has 0 bridgehead atoms. The molecule has 3 N–H and O–H groups in total. The summed E-state index contributed by atoms with van der Waals surface area (Å²) in [6.45, 7) is 0. The van der Waals surface area contributed by atoms with Crippen molar-refractivity contribution >= 4 is 23.2 Å². The molecule has 27 heavy (non-hydrogen) atoms. The van der Waals surface area contributed by atoms with E-state index < -0.39 is 0 Å². The summed E-state index contributed by atoms with van der Waals surface area (Å²) < 4.78 is 5.29. The minimum Gasteiger partial charge on any atom is -0.508 e. The van der Waals surface area contributed by atoms with Gasteiger partial charge in [-0.25, -0.2) is 0 Å². The van der Waals surface area contributed by atoms with E-state index in [9.17, 15) is 9.90 Å². The Morgan fingerprint density at radius 2 is 1.78 bits per heavy atom. The van der Waals surface area contributed by atoms with Crippen LogP contribution < -0.4 is 10.1 Å². The van der Waals surface area contributed by atoms with E-state index in [1.165, 1.54) is 0 Å². The number of nitrogens with one attached hydrogen (secondary N) is 2. The number of carbonyl (C=O) groups excluding carboxylic acids is 1. The summed E-state index contributed by atoms with van der Waals surface area (Å²) in [5.41, 5.74) is 4.44. The quantitative estimate of drug-likeness (QED) is 0.485. The van der Waals surface area contributed by atoms with E-state index in [2.05, 4.69) is 22.1 Å². The molecule has 2 aromatic carbocycles. The first-order valence-electron chi connectivity index (χ1n) is 8.34. The van der Waals surface area contributed by atoms with Gasteiger partial charge in [-0.2, -0.15) is 0 Å². The third-order valence-corrected chi connectivity index (χ3v) is 4.27. The maximum atomic E-state index is 12.4. The molecule has 0 radical (unpaired) electrons. The predicted octanol–water partition coefficient (Wildman–Crippen LogP) is 3.62. The lowest BCUT2D eigenvalue weighted by Gasteiger charge is -2.01. The molecule has 0 saturated carbocycles. The van der Waals surface area contributed by atoms with Crippen molar-refractivity contribution in [3.8, 4) is 23.3 Å². The molecule has 0 atom stereocenters. The second-order valence-corrected chi connectivity index (χ2v) is 6.03. The van der Waals surface area contributed by atoms with Crippen molar-refractivity contribution in [2.24, 2.45) is 0 Å². The number of aromatic amines is 1. The lowest BCUT2D eigenvalue weighted by atomic mass is 10.0. The van der Waals surface area contributed by atoms with E-state index in [0.29, 0.717) is 11.3 Å². The maximum absolute atomic E-state index is 12.4. The van der Waals surface area contributed by atoms with Crippen LogP contribution >= 0.6 is 0 Å². The van der Waals surface area contributed by atoms with Crippen molar-refractivity contribution < 1.29 is 14.6 Å². The second kappa shape index (κ2) is 6.77. The molecule has 3 aromatic rings. The van der Waals surface area contributed by atoms with Gasteiger partial charge in [-0.3, -0.25) is 4.79 Å². The van der Waals surface area contributed by atoms with Gasteiger partial charge >= 0.3 is 0 Å². The summed E-state index contributed by atoms with van der Waals surface area (Å²) in [4.78, 5) is 15.5. The predicted molar refractivity (Wildman–Crippen MR) is 104 cm³/mol. The lowest BCUT2D eigenvalue weighted by Crippen LogP contribution is -2.03. The largest absolute Gasteiger partial charge is 0.508 e. The van der Waals surface area contributed by atoms with Gasteiger partial charge in [0, 0.05) is 28.6 Å². The van der Waals surface area contributed by atoms with Crippen LogP contribution in [0.1, 0.15) is 22.4 Å². The zero-order valence-corrected chi connectivity index (χ0v) is 14.5. The van der Waals surface area contributed by atoms with Crippen LogP contribution in [0.5, 0.6) is 11.5 Å². The summed E-state index contributed by atoms with van der Waals surface area (Å²) in [5, 5.41) is 12.2. The van der Waals surface area contributed by atoms with Gasteiger partial charge in [0.05, 0.1) is 18.4 Å². The first kappa shape index (κ1) is 16.6. The van der Waals surface area contributed by atoms with Crippen molar-refractivity contribution in [1.82, 2.24) is 4.98 Å². The van der Waals surface area contributed by atoms with E-state index >= 15 is 0 Å². The van der Waals surface area contributed by atoms with Gasteiger partial charge < -0.3 is 20.1 Å². The number of hydrogen-bond acceptors (Lipinski definition) is 3. The minimum atomic E-state index is -0.162. The highest BCUT2D eigenvalue weighted by Crippen LogP contribution is 2.34. The number of hydrogen-bond donors (Lipinski definition) is 3. The number of phenols is 1. The van der Waals surface area contributed by atoms with E-state index in [1.807, 2.05) is 18.2 Å². The van der Waals surface area contributed by atoms with Crippen molar-refractivity contribution in [2.45, 2.75) is 0 Å². The van der Waals surface area contributed by atoms with Crippen LogP contribution in [0, 0.1) is 11.8 Å². The molecular weight excluding hydrogens is 340 g/mol. The summed E-state index contributed by atoms with van der Waals surface area (Å²) in [5.74, 6) is 6.87. The Balaban J connectivity index is 1.70. The molecule has 0 unspecified atom stereocenters. The van der Waals surface area contributed by atoms with Crippen molar-refractivity contribution in [3.05, 3.63) is 77.1 Å². The number of aromatic nitrogens is 1. The summed E-state index contributed by atoms with van der Waals surface area (Å²) >= 11 is 0. The number of phenolic OH excluding ortho intramolecular Hbond substituents is 1. The van der Waals surface area contributed by atoms with Crippen LogP contribution in [0.15, 0.2) is 54.7 Å². The van der Waals surface area contributed by atoms with Gasteiger partial charge in [0.1, 0.15) is 11.5 Å². The molecule has 5 heteroatoms. The van der Waals surface area contributed by atoms with E-state index in [4.69, 9.17) is 4.74 Å². The third-order valence-electron chi connectivity index (χ3n) is 4.27. The maximum Gasteiger partial charge on any atom is 0.256 e. The molecule has 0 saturated heterocycles. The fourth-order valence-electron chi connectivity index (χ4n) is 2.90. The molecule has 0 fully saturated rings. The Labute approximate surface area is 156 Å². The summed E-state index contributed by atoms with van der Waals surface area (Å²) in [6, 6.07) is 14.1. The zero-order valence-electron chi connectivity index (χ0n) is 14.5. The van der Waals surface area contributed by atoms with Crippen LogP contribution in [-0.4, -0.2) is 23.1 Å². The Kier molecular flexibility index (Phi) is 4.15. The van der Waals surface area contributed by atoms with Crippen LogP contribution in [-0.2, 0) is 4.79 Å². The van der Waals surface area contributed by atoms with Crippen molar-refractivity contribution in [1.29, 1.82) is 0 Å². The number of rotatable bonds is 2. The molecule has 1 aliphatic heterocycles. The third kappa shape index (κ3) is 3.29. The van der Waals surface area contributed by atoms with Crippen LogP contribution in [0.3, 0.4) is 0 Å². The first-order valence-corrected chi connectivity index (χ1v) is 8.34. The van der Waals surface area contributed by atoms with Gasteiger partial charge in [-0.1, -0.05) is 11.8 Å². The van der Waals surface area contributed by atoms with Gasteiger partial charge in [-0.15, -0.1) is 0 Å². The van der Waals surface area contributed by atoms with Gasteiger partial charge in [0.15, 0.2) is 0 Å². The number of amides is 1. The van der Waals surface area contributed by atoms with E-state index in [1.54, 1.807) is 49.7 Å². The molecule has 0 spiro atoms. The minimum absolute atomic E-state index is 0.162. The van der Waals surface area contributed by atoms with Gasteiger partial charge in [-0.05, 0) is 54.6 Å². The van der Waals surface area contributed by atoms with Crippen molar-refractivity contribution in [2.75, 3.05) is 12.4 Å². The van der Waals surface area contributed by atoms with E-state index in [0.717, 1.165) is 28.1 Å². The average Bonchev–Trinajstić information content (AvgIpc) is 3.25. The Hall–Kier alpha value is -3.91. The SMILES string of the molecule is COc1cc[nH]c1C=C1C(=O)Nc2ccc(C#Cc3ccc(O)cc3)cc21. The number of fused-ring (bicyclic) bond motifs is 1. The number of methoxy groups -OCH3 is 1. The van der Waals surface area contributed by atoms with Crippen molar-refractivity contribution in [3.63, 3.8) is 0 Å². The lowest BCUT2D eigenvalue weighted by molar-refractivity contribution is -0.110. The molecule has 1 amide bonds. The molecule has 0 aliphatic carbocycles. The average molecular weight is 356 g/mol. The number of aromatic hydroxyl groups is 1. The number of carbonyl (C=O) groups is 1. The van der Waals surface area contributed by atoms with Crippen LogP contribution in [0.4, 0.5) is 5.69 Å². The molecule has 1 aliphatic rings. The van der Waals surface area contributed by atoms with Crippen LogP contribution in [0.25, 0.3) is 11.6 Å². The number of benzene rings is 2. The molecule has 132 valence electrons. The molecule has 2 heterocycles. The highest BCUT2D eigenvalue weighted by molar-refractivity contribution is 6.35. The number of anilines is 1. The standard InChI is InChI=1S/C22H16N2O3/c1-27-21-10-11-23-20(21)13-18-17-12-15(6-9-19(17)24-22(18)26)3-2-14-4-7-16(25)8-5-14/h4-13,23,25H,1H3,(H,24,26). The number of H-pyrrole nitrogens is 1. The fraction of sp³-hybridized carbons (Fsp3) is 0.0455.